The number of aromatic nitrogens is 3. The molecular weight excluding hydrogens is 331 g/mol. The molecule has 1 fully saturated rings. The Morgan fingerprint density at radius 3 is 2.88 bits per heavy atom. The second kappa shape index (κ2) is 6.98. The number of nitrogens with zero attached hydrogens (tertiary/aromatic N) is 4. The van der Waals surface area contributed by atoms with E-state index in [1.54, 1.807) is 18.5 Å². The van der Waals surface area contributed by atoms with E-state index < -0.39 is 15.8 Å². The topological polar surface area (TPSA) is 68.1 Å². The molecule has 2 heterocycles. The molecule has 0 saturated carbocycles. The summed E-state index contributed by atoms with van der Waals surface area (Å²) in [6.07, 6.45) is 3.18. The fraction of sp³-hybridized carbons (Fsp3) is 0.500. The molecule has 1 saturated heterocycles. The van der Waals surface area contributed by atoms with Crippen LogP contribution in [0.5, 0.6) is 0 Å². The summed E-state index contributed by atoms with van der Waals surface area (Å²) < 4.78 is 42.3. The number of halogens is 1. The van der Waals surface area contributed by atoms with Gasteiger partial charge in [0.15, 0.2) is 0 Å². The largest absolute Gasteiger partial charge is 0.318 e. The Bertz CT molecular complexity index is 806. The van der Waals surface area contributed by atoms with Gasteiger partial charge in [0.05, 0.1) is 5.75 Å². The van der Waals surface area contributed by atoms with Crippen LogP contribution in [0.1, 0.15) is 24.7 Å². The molecule has 0 aliphatic carbocycles. The van der Waals surface area contributed by atoms with Crippen molar-refractivity contribution >= 4 is 10.0 Å². The van der Waals surface area contributed by atoms with Crippen LogP contribution in [0.4, 0.5) is 4.39 Å². The third-order valence-electron chi connectivity index (χ3n) is 4.45. The van der Waals surface area contributed by atoms with Gasteiger partial charge >= 0.3 is 0 Å². The van der Waals surface area contributed by atoms with Crippen molar-refractivity contribution in [3.05, 3.63) is 47.8 Å². The van der Waals surface area contributed by atoms with Gasteiger partial charge in [0.25, 0.3) is 0 Å². The molecule has 0 radical (unpaired) electrons. The van der Waals surface area contributed by atoms with Crippen molar-refractivity contribution in [2.75, 3.05) is 13.1 Å². The lowest BCUT2D eigenvalue weighted by atomic mass is 10.0. The molecule has 24 heavy (non-hydrogen) atoms. The monoisotopic (exact) mass is 352 g/mol. The first kappa shape index (κ1) is 17.0. The predicted octanol–water partition coefficient (Wildman–Crippen LogP) is 1.83. The minimum Gasteiger partial charge on any atom is -0.318 e. The molecule has 2 aromatic rings. The molecule has 1 atom stereocenters. The summed E-state index contributed by atoms with van der Waals surface area (Å²) in [5.74, 6) is 0.330. The van der Waals surface area contributed by atoms with Gasteiger partial charge in [0.1, 0.15) is 18.0 Å². The fourth-order valence-electron chi connectivity index (χ4n) is 3.08. The number of aryl methyl sites for hydroxylation is 1. The zero-order valence-corrected chi connectivity index (χ0v) is 14.4. The Labute approximate surface area is 141 Å². The summed E-state index contributed by atoms with van der Waals surface area (Å²) in [6, 6.07) is 6.01. The Hall–Kier alpha value is -1.80. The minimum absolute atomic E-state index is 0.215. The molecule has 0 N–H and O–H groups in total. The predicted molar refractivity (Wildman–Crippen MR) is 88.1 cm³/mol. The Kier molecular flexibility index (Phi) is 4.96. The lowest BCUT2D eigenvalue weighted by molar-refractivity contribution is 0.449. The lowest BCUT2D eigenvalue weighted by Crippen LogP contribution is -2.30. The molecule has 6 nitrogen and oxygen atoms in total. The summed E-state index contributed by atoms with van der Waals surface area (Å²) in [5.41, 5.74) is 0.215. The summed E-state index contributed by atoms with van der Waals surface area (Å²) >= 11 is 0. The van der Waals surface area contributed by atoms with E-state index in [0.717, 1.165) is 18.8 Å². The summed E-state index contributed by atoms with van der Waals surface area (Å²) in [6.45, 7) is 3.74. The minimum atomic E-state index is -3.51. The van der Waals surface area contributed by atoms with Gasteiger partial charge in [0.2, 0.25) is 10.0 Å². The highest BCUT2D eigenvalue weighted by atomic mass is 32.2. The van der Waals surface area contributed by atoms with Gasteiger partial charge in [-0.15, -0.1) is 10.2 Å². The molecule has 130 valence electrons. The normalized spacial score (nSPS) is 19.0. The van der Waals surface area contributed by atoms with Gasteiger partial charge in [0, 0.05) is 31.6 Å². The molecule has 0 spiro atoms. The molecule has 1 aromatic heterocycles. The molecule has 1 aromatic carbocycles. The molecule has 0 bridgehead atoms. The smallest absolute Gasteiger partial charge is 0.218 e. The van der Waals surface area contributed by atoms with Gasteiger partial charge in [-0.05, 0) is 25.3 Å². The summed E-state index contributed by atoms with van der Waals surface area (Å²) in [5, 5.41) is 8.02. The van der Waals surface area contributed by atoms with Crippen LogP contribution >= 0.6 is 0 Å². The van der Waals surface area contributed by atoms with Gasteiger partial charge in [-0.25, -0.2) is 17.1 Å². The third-order valence-corrected chi connectivity index (χ3v) is 6.24. The molecular formula is C16H21FN4O2S. The molecule has 1 aliphatic rings. The second-order valence-corrected chi connectivity index (χ2v) is 8.07. The van der Waals surface area contributed by atoms with Crippen molar-refractivity contribution in [1.29, 1.82) is 0 Å². The van der Waals surface area contributed by atoms with Crippen molar-refractivity contribution in [3.63, 3.8) is 0 Å². The Morgan fingerprint density at radius 2 is 2.12 bits per heavy atom. The average Bonchev–Trinajstić information content (AvgIpc) is 3.19. The molecule has 8 heteroatoms. The average molecular weight is 352 g/mol. The lowest BCUT2D eigenvalue weighted by Gasteiger charge is -2.17. The van der Waals surface area contributed by atoms with Gasteiger partial charge in [-0.3, -0.25) is 0 Å². The van der Waals surface area contributed by atoms with Crippen LogP contribution in [-0.4, -0.2) is 40.6 Å². The van der Waals surface area contributed by atoms with Crippen molar-refractivity contribution in [2.24, 2.45) is 5.92 Å². The van der Waals surface area contributed by atoms with E-state index in [0.29, 0.717) is 19.5 Å². The third kappa shape index (κ3) is 3.64. The van der Waals surface area contributed by atoms with Crippen LogP contribution in [0.15, 0.2) is 30.6 Å². The number of hydrogen-bond acceptors (Lipinski definition) is 4. The zero-order chi connectivity index (χ0) is 17.2. The van der Waals surface area contributed by atoms with Crippen molar-refractivity contribution in [1.82, 2.24) is 19.1 Å². The van der Waals surface area contributed by atoms with E-state index in [1.165, 1.54) is 16.4 Å². The van der Waals surface area contributed by atoms with Crippen LogP contribution in [-0.2, 0) is 28.7 Å². The second-order valence-electron chi connectivity index (χ2n) is 6.10. The van der Waals surface area contributed by atoms with E-state index in [4.69, 9.17) is 0 Å². The Morgan fingerprint density at radius 1 is 1.33 bits per heavy atom. The maximum absolute atomic E-state index is 13.7. The highest BCUT2D eigenvalue weighted by Gasteiger charge is 2.32. The highest BCUT2D eigenvalue weighted by Crippen LogP contribution is 2.24. The van der Waals surface area contributed by atoms with E-state index in [1.807, 2.05) is 11.5 Å². The maximum Gasteiger partial charge on any atom is 0.218 e. The quantitative estimate of drug-likeness (QED) is 0.795. The standard InChI is InChI=1S/C16H21FN4O2S/c1-2-20-12-18-19-16(20)9-13-7-8-21(10-13)24(22,23)11-14-5-3-4-6-15(14)17/h3-6,12-13H,2,7-11H2,1H3/t13-/m1/s1. The first-order valence-corrected chi connectivity index (χ1v) is 9.68. The number of hydrogen-bond donors (Lipinski definition) is 0. The molecule has 0 amide bonds. The van der Waals surface area contributed by atoms with E-state index in [2.05, 4.69) is 10.2 Å². The van der Waals surface area contributed by atoms with Crippen molar-refractivity contribution < 1.29 is 12.8 Å². The summed E-state index contributed by atoms with van der Waals surface area (Å²) in [7, 11) is -3.51. The van der Waals surface area contributed by atoms with Crippen LogP contribution in [0, 0.1) is 11.7 Å². The zero-order valence-electron chi connectivity index (χ0n) is 13.6. The maximum atomic E-state index is 13.7. The highest BCUT2D eigenvalue weighted by molar-refractivity contribution is 7.88. The molecule has 1 aliphatic heterocycles. The Balaban J connectivity index is 1.65. The van der Waals surface area contributed by atoms with Crippen LogP contribution in [0.25, 0.3) is 0 Å². The van der Waals surface area contributed by atoms with E-state index >= 15 is 0 Å². The molecule has 3 rings (SSSR count). The van der Waals surface area contributed by atoms with Gasteiger partial charge in [-0.1, -0.05) is 18.2 Å². The fourth-order valence-corrected chi connectivity index (χ4v) is 4.71. The number of benzene rings is 1. The van der Waals surface area contributed by atoms with E-state index in [-0.39, 0.29) is 17.2 Å². The molecule has 0 unspecified atom stereocenters. The number of rotatable bonds is 6. The van der Waals surface area contributed by atoms with Crippen molar-refractivity contribution in [3.8, 4) is 0 Å². The first-order valence-electron chi connectivity index (χ1n) is 8.07. The van der Waals surface area contributed by atoms with Crippen LogP contribution in [0.3, 0.4) is 0 Å². The van der Waals surface area contributed by atoms with Crippen LogP contribution < -0.4 is 0 Å². The van der Waals surface area contributed by atoms with Gasteiger partial charge < -0.3 is 4.57 Å². The first-order chi connectivity index (χ1) is 11.5. The van der Waals surface area contributed by atoms with E-state index in [9.17, 15) is 12.8 Å². The van der Waals surface area contributed by atoms with Crippen molar-refractivity contribution in [2.45, 2.75) is 32.1 Å². The van der Waals surface area contributed by atoms with Gasteiger partial charge in [-0.2, -0.15) is 0 Å². The SMILES string of the molecule is CCn1cnnc1C[C@H]1CCN(S(=O)(=O)Cc2ccccc2F)C1. The number of sulfonamides is 1. The summed E-state index contributed by atoms with van der Waals surface area (Å²) in [4.78, 5) is 0. The van der Waals surface area contributed by atoms with Crippen LogP contribution in [0.2, 0.25) is 0 Å².